The second-order valence-corrected chi connectivity index (χ2v) is 4.47. The molecule has 1 rings (SSSR count). The number of nitrogens with zero attached hydrogens (tertiary/aromatic N) is 1. The number of hydrogen-bond donors (Lipinski definition) is 2. The number of ether oxygens (including phenoxy) is 2. The molecule has 0 aliphatic heterocycles. The molecule has 0 aromatic carbocycles. The summed E-state index contributed by atoms with van der Waals surface area (Å²) >= 11 is 0. The van der Waals surface area contributed by atoms with Gasteiger partial charge >= 0.3 is 5.97 Å². The predicted molar refractivity (Wildman–Crippen MR) is 69.6 cm³/mol. The molecule has 0 saturated heterocycles. The Morgan fingerprint density at radius 2 is 2.17 bits per heavy atom. The summed E-state index contributed by atoms with van der Waals surface area (Å²) in [6.07, 6.45) is 1.42. The highest BCUT2D eigenvalue weighted by molar-refractivity contribution is 5.95. The second-order valence-electron chi connectivity index (χ2n) is 4.47. The van der Waals surface area contributed by atoms with Gasteiger partial charge in [-0.2, -0.15) is 0 Å². The van der Waals surface area contributed by atoms with E-state index in [1.165, 1.54) is 13.3 Å². The molecule has 100 valence electrons. The van der Waals surface area contributed by atoms with Crippen molar-refractivity contribution in [2.24, 2.45) is 0 Å². The van der Waals surface area contributed by atoms with E-state index in [0.29, 0.717) is 23.6 Å². The van der Waals surface area contributed by atoms with Gasteiger partial charge in [-0.05, 0) is 19.9 Å². The van der Waals surface area contributed by atoms with Crippen LogP contribution in [0.5, 0.6) is 0 Å². The zero-order valence-electron chi connectivity index (χ0n) is 11.1. The van der Waals surface area contributed by atoms with E-state index < -0.39 is 5.97 Å². The molecule has 0 spiro atoms. The first-order valence-electron chi connectivity index (χ1n) is 5.52. The Bertz CT molecular complexity index is 433. The van der Waals surface area contributed by atoms with Crippen LogP contribution in [0.4, 0.5) is 11.5 Å². The van der Waals surface area contributed by atoms with E-state index in [4.69, 9.17) is 10.5 Å². The minimum atomic E-state index is -0.482. The number of carbonyl (C=O) groups excluding carboxylic acids is 1. The molecule has 0 fully saturated rings. The summed E-state index contributed by atoms with van der Waals surface area (Å²) in [6, 6.07) is 1.56. The van der Waals surface area contributed by atoms with Crippen molar-refractivity contribution in [1.29, 1.82) is 0 Å². The summed E-state index contributed by atoms with van der Waals surface area (Å²) in [4.78, 5) is 15.6. The van der Waals surface area contributed by atoms with Crippen LogP contribution in [0, 0.1) is 0 Å². The van der Waals surface area contributed by atoms with Crippen molar-refractivity contribution in [3.8, 4) is 0 Å². The van der Waals surface area contributed by atoms with E-state index in [0.717, 1.165) is 0 Å². The summed E-state index contributed by atoms with van der Waals surface area (Å²) in [6.45, 7) is 4.44. The van der Waals surface area contributed by atoms with Gasteiger partial charge in [0.05, 0.1) is 30.2 Å². The van der Waals surface area contributed by atoms with Crippen LogP contribution < -0.4 is 11.1 Å². The predicted octanol–water partition coefficient (Wildman–Crippen LogP) is 1.29. The standard InChI is InChI=1S/C12H19N3O3/c1-12(2,18-4)7-15-10-5-8(11(16)17-3)9(13)6-14-10/h5-6H,7,13H2,1-4H3,(H,14,15). The molecule has 18 heavy (non-hydrogen) atoms. The summed E-state index contributed by atoms with van der Waals surface area (Å²) in [5, 5.41) is 3.08. The number of esters is 1. The molecule has 0 amide bonds. The average Bonchev–Trinajstić information content (AvgIpc) is 2.37. The Balaban J connectivity index is 2.83. The quantitative estimate of drug-likeness (QED) is 0.769. The number of rotatable bonds is 5. The molecule has 1 heterocycles. The number of carbonyl (C=O) groups is 1. The van der Waals surface area contributed by atoms with Crippen LogP contribution >= 0.6 is 0 Å². The van der Waals surface area contributed by atoms with E-state index in [-0.39, 0.29) is 5.60 Å². The molecule has 0 aliphatic rings. The molecule has 3 N–H and O–H groups in total. The van der Waals surface area contributed by atoms with Crippen molar-refractivity contribution in [3.63, 3.8) is 0 Å². The maximum atomic E-state index is 11.5. The Hall–Kier alpha value is -1.82. The van der Waals surface area contributed by atoms with Gasteiger partial charge in [0.1, 0.15) is 5.82 Å². The summed E-state index contributed by atoms with van der Waals surface area (Å²) in [5.41, 5.74) is 5.92. The second kappa shape index (κ2) is 5.68. The highest BCUT2D eigenvalue weighted by Gasteiger charge is 2.17. The van der Waals surface area contributed by atoms with Crippen LogP contribution in [0.2, 0.25) is 0 Å². The van der Waals surface area contributed by atoms with Crippen molar-refractivity contribution in [3.05, 3.63) is 17.8 Å². The number of nitrogens with two attached hydrogens (primary N) is 1. The Morgan fingerprint density at radius 1 is 1.50 bits per heavy atom. The van der Waals surface area contributed by atoms with E-state index in [2.05, 4.69) is 15.0 Å². The fourth-order valence-corrected chi connectivity index (χ4v) is 1.22. The lowest BCUT2D eigenvalue weighted by Crippen LogP contribution is -2.32. The minimum absolute atomic E-state index is 0.290. The van der Waals surface area contributed by atoms with Crippen molar-refractivity contribution < 1.29 is 14.3 Å². The third kappa shape index (κ3) is 3.59. The highest BCUT2D eigenvalue weighted by atomic mass is 16.5. The van der Waals surface area contributed by atoms with E-state index in [9.17, 15) is 4.79 Å². The molecular formula is C12H19N3O3. The van der Waals surface area contributed by atoms with Gasteiger partial charge in [0.15, 0.2) is 0 Å². The van der Waals surface area contributed by atoms with Gasteiger partial charge in [-0.15, -0.1) is 0 Å². The van der Waals surface area contributed by atoms with E-state index >= 15 is 0 Å². The zero-order chi connectivity index (χ0) is 13.8. The van der Waals surface area contributed by atoms with Gasteiger partial charge in [-0.1, -0.05) is 0 Å². The lowest BCUT2D eigenvalue weighted by atomic mass is 10.1. The summed E-state index contributed by atoms with van der Waals surface area (Å²) in [7, 11) is 2.95. The fraction of sp³-hybridized carbons (Fsp3) is 0.500. The van der Waals surface area contributed by atoms with Gasteiger partial charge in [0, 0.05) is 13.7 Å². The first kappa shape index (κ1) is 14.2. The maximum absolute atomic E-state index is 11.5. The Labute approximate surface area is 106 Å². The number of nitrogen functional groups attached to an aromatic ring is 1. The highest BCUT2D eigenvalue weighted by Crippen LogP contribution is 2.17. The number of aromatic nitrogens is 1. The molecule has 6 nitrogen and oxygen atoms in total. The Morgan fingerprint density at radius 3 is 2.72 bits per heavy atom. The third-order valence-corrected chi connectivity index (χ3v) is 2.59. The van der Waals surface area contributed by atoms with Gasteiger partial charge < -0.3 is 20.5 Å². The maximum Gasteiger partial charge on any atom is 0.340 e. The minimum Gasteiger partial charge on any atom is -0.465 e. The van der Waals surface area contributed by atoms with Gasteiger partial charge in [-0.25, -0.2) is 9.78 Å². The number of pyridine rings is 1. The molecule has 0 atom stereocenters. The van der Waals surface area contributed by atoms with Crippen molar-refractivity contribution in [2.45, 2.75) is 19.4 Å². The van der Waals surface area contributed by atoms with Crippen LogP contribution in [-0.4, -0.2) is 37.3 Å². The molecule has 0 saturated carbocycles. The monoisotopic (exact) mass is 253 g/mol. The van der Waals surface area contributed by atoms with Crippen molar-refractivity contribution in [1.82, 2.24) is 4.98 Å². The number of anilines is 2. The van der Waals surface area contributed by atoms with Gasteiger partial charge in [0.25, 0.3) is 0 Å². The normalized spacial score (nSPS) is 11.1. The average molecular weight is 253 g/mol. The first-order valence-corrected chi connectivity index (χ1v) is 5.52. The lowest BCUT2D eigenvalue weighted by molar-refractivity contribution is 0.0343. The van der Waals surface area contributed by atoms with Crippen LogP contribution in [-0.2, 0) is 9.47 Å². The lowest BCUT2D eigenvalue weighted by Gasteiger charge is -2.23. The third-order valence-electron chi connectivity index (χ3n) is 2.59. The molecule has 0 unspecified atom stereocenters. The molecule has 0 bridgehead atoms. The number of nitrogens with one attached hydrogen (secondary N) is 1. The van der Waals surface area contributed by atoms with Crippen LogP contribution in [0.3, 0.4) is 0 Å². The summed E-state index contributed by atoms with van der Waals surface area (Å²) < 4.78 is 9.91. The first-order chi connectivity index (χ1) is 8.39. The topological polar surface area (TPSA) is 86.5 Å². The fourth-order valence-electron chi connectivity index (χ4n) is 1.22. The van der Waals surface area contributed by atoms with E-state index in [1.807, 2.05) is 13.8 Å². The molecule has 6 heteroatoms. The van der Waals surface area contributed by atoms with Gasteiger partial charge in [0.2, 0.25) is 0 Å². The van der Waals surface area contributed by atoms with Crippen LogP contribution in [0.25, 0.3) is 0 Å². The molecule has 0 aliphatic carbocycles. The zero-order valence-corrected chi connectivity index (χ0v) is 11.1. The SMILES string of the molecule is COC(=O)c1cc(NCC(C)(C)OC)ncc1N. The van der Waals surface area contributed by atoms with Crippen molar-refractivity contribution >= 4 is 17.5 Å². The largest absolute Gasteiger partial charge is 0.465 e. The number of hydrogen-bond acceptors (Lipinski definition) is 6. The van der Waals surface area contributed by atoms with Crippen molar-refractivity contribution in [2.75, 3.05) is 31.8 Å². The van der Waals surface area contributed by atoms with E-state index in [1.54, 1.807) is 13.2 Å². The van der Waals surface area contributed by atoms with Crippen LogP contribution in [0.1, 0.15) is 24.2 Å². The molecule has 0 radical (unpaired) electrons. The molecule has 1 aromatic heterocycles. The Kier molecular flexibility index (Phi) is 4.49. The summed E-state index contributed by atoms with van der Waals surface area (Å²) in [5.74, 6) is 0.0682. The molecular weight excluding hydrogens is 234 g/mol. The number of methoxy groups -OCH3 is 2. The molecule has 1 aromatic rings. The van der Waals surface area contributed by atoms with Crippen LogP contribution in [0.15, 0.2) is 12.3 Å². The smallest absolute Gasteiger partial charge is 0.340 e. The van der Waals surface area contributed by atoms with Gasteiger partial charge in [-0.3, -0.25) is 0 Å².